The maximum Gasteiger partial charge on any atom is 0.110 e. The predicted molar refractivity (Wildman–Crippen MR) is 85.2 cm³/mol. The van der Waals surface area contributed by atoms with Crippen LogP contribution in [0.3, 0.4) is 0 Å². The van der Waals surface area contributed by atoms with Gasteiger partial charge in [-0.1, -0.05) is 32.6 Å². The van der Waals surface area contributed by atoms with Gasteiger partial charge in [0.25, 0.3) is 0 Å². The van der Waals surface area contributed by atoms with E-state index in [1.54, 1.807) is 0 Å². The zero-order valence-corrected chi connectivity index (χ0v) is 12.8. The van der Waals surface area contributed by atoms with Gasteiger partial charge in [0.2, 0.25) is 0 Å². The lowest BCUT2D eigenvalue weighted by Gasteiger charge is -2.07. The molecule has 0 bridgehead atoms. The number of aryl methyl sites for hydroxylation is 1. The topological polar surface area (TPSA) is 41.6 Å². The van der Waals surface area contributed by atoms with E-state index in [9.17, 15) is 0 Å². The summed E-state index contributed by atoms with van der Waals surface area (Å²) in [7, 11) is 0. The van der Waals surface area contributed by atoms with E-state index in [-0.39, 0.29) is 0 Å². The van der Waals surface area contributed by atoms with Crippen molar-refractivity contribution in [3.05, 3.63) is 29.6 Å². The number of imidazole rings is 1. The summed E-state index contributed by atoms with van der Waals surface area (Å²) in [5, 5.41) is 9.03. The molecule has 1 aliphatic rings. The highest BCUT2D eigenvalue weighted by Crippen LogP contribution is 2.39. The Bertz CT molecular complexity index is 659. The quantitative estimate of drug-likeness (QED) is 0.687. The van der Waals surface area contributed by atoms with Crippen LogP contribution in [0.5, 0.6) is 0 Å². The van der Waals surface area contributed by atoms with Crippen LogP contribution in [-0.2, 0) is 6.42 Å². The molecule has 1 saturated carbocycles. The number of nitriles is 1. The molecule has 0 radical (unpaired) electrons. The van der Waals surface area contributed by atoms with E-state index in [1.807, 2.05) is 12.1 Å². The molecule has 0 atom stereocenters. The molecule has 0 saturated heterocycles. The van der Waals surface area contributed by atoms with Gasteiger partial charge in [0.15, 0.2) is 0 Å². The largest absolute Gasteiger partial charge is 0.325 e. The molecule has 3 nitrogen and oxygen atoms in total. The number of aromatic nitrogens is 2. The second-order valence-electron chi connectivity index (χ2n) is 6.11. The van der Waals surface area contributed by atoms with Crippen LogP contribution in [0.1, 0.15) is 69.3 Å². The van der Waals surface area contributed by atoms with Gasteiger partial charge in [0, 0.05) is 12.5 Å². The summed E-state index contributed by atoms with van der Waals surface area (Å²) in [5.74, 6) is 1.22. The second-order valence-corrected chi connectivity index (χ2v) is 6.11. The predicted octanol–water partition coefficient (Wildman–Crippen LogP) is 4.76. The molecule has 21 heavy (non-hydrogen) atoms. The Morgan fingerprint density at radius 3 is 2.76 bits per heavy atom. The average Bonchev–Trinajstić information content (AvgIpc) is 3.27. The SMILES string of the molecule is CCCCCCCc1nc2cc(C#N)ccc2n1C1CC1. The van der Waals surface area contributed by atoms with Crippen LogP contribution in [0.2, 0.25) is 0 Å². The lowest BCUT2D eigenvalue weighted by molar-refractivity contribution is 0.603. The third-order valence-electron chi connectivity index (χ3n) is 4.31. The third-order valence-corrected chi connectivity index (χ3v) is 4.31. The zero-order chi connectivity index (χ0) is 14.7. The Morgan fingerprint density at radius 1 is 1.24 bits per heavy atom. The molecular weight excluding hydrogens is 258 g/mol. The number of fused-ring (bicyclic) bond motifs is 1. The van der Waals surface area contributed by atoms with Gasteiger partial charge in [-0.25, -0.2) is 4.98 Å². The lowest BCUT2D eigenvalue weighted by atomic mass is 10.1. The minimum Gasteiger partial charge on any atom is -0.325 e. The first-order chi connectivity index (χ1) is 10.3. The van der Waals surface area contributed by atoms with Gasteiger partial charge in [-0.15, -0.1) is 0 Å². The van der Waals surface area contributed by atoms with Crippen molar-refractivity contribution in [1.29, 1.82) is 5.26 Å². The van der Waals surface area contributed by atoms with Crippen LogP contribution in [-0.4, -0.2) is 9.55 Å². The summed E-state index contributed by atoms with van der Waals surface area (Å²) >= 11 is 0. The van der Waals surface area contributed by atoms with Crippen molar-refractivity contribution in [2.45, 2.75) is 64.3 Å². The number of unbranched alkanes of at least 4 members (excludes halogenated alkanes) is 4. The molecule has 110 valence electrons. The summed E-state index contributed by atoms with van der Waals surface area (Å²) in [6.45, 7) is 2.25. The molecule has 0 aliphatic heterocycles. The van der Waals surface area contributed by atoms with Crippen LogP contribution in [0, 0.1) is 11.3 Å². The van der Waals surface area contributed by atoms with Crippen LogP contribution in [0.4, 0.5) is 0 Å². The fourth-order valence-corrected chi connectivity index (χ4v) is 3.02. The van der Waals surface area contributed by atoms with Crippen LogP contribution in [0.25, 0.3) is 11.0 Å². The molecule has 0 unspecified atom stereocenters. The van der Waals surface area contributed by atoms with Crippen molar-refractivity contribution in [3.8, 4) is 6.07 Å². The molecule has 0 spiro atoms. The van der Waals surface area contributed by atoms with E-state index < -0.39 is 0 Å². The fraction of sp³-hybridized carbons (Fsp3) is 0.556. The summed E-state index contributed by atoms with van der Waals surface area (Å²) < 4.78 is 2.43. The van der Waals surface area contributed by atoms with Crippen molar-refractivity contribution in [2.75, 3.05) is 0 Å². The Labute approximate surface area is 126 Å². The minimum atomic E-state index is 0.647. The molecular formula is C18H23N3. The average molecular weight is 281 g/mol. The van der Waals surface area contributed by atoms with Crippen LogP contribution < -0.4 is 0 Å². The van der Waals surface area contributed by atoms with Crippen molar-refractivity contribution in [2.24, 2.45) is 0 Å². The number of rotatable bonds is 7. The highest BCUT2D eigenvalue weighted by molar-refractivity contribution is 5.78. The van der Waals surface area contributed by atoms with E-state index >= 15 is 0 Å². The van der Waals surface area contributed by atoms with Gasteiger partial charge in [-0.3, -0.25) is 0 Å². The summed E-state index contributed by atoms with van der Waals surface area (Å²) in [4.78, 5) is 4.81. The Kier molecular flexibility index (Phi) is 4.24. The number of hydrogen-bond acceptors (Lipinski definition) is 2. The number of benzene rings is 1. The van der Waals surface area contributed by atoms with Crippen molar-refractivity contribution >= 4 is 11.0 Å². The Balaban J connectivity index is 1.80. The van der Waals surface area contributed by atoms with Crippen LogP contribution in [0.15, 0.2) is 18.2 Å². The van der Waals surface area contributed by atoms with Gasteiger partial charge in [-0.05, 0) is 37.5 Å². The maximum atomic E-state index is 9.03. The van der Waals surface area contributed by atoms with Gasteiger partial charge < -0.3 is 4.57 Å². The smallest absolute Gasteiger partial charge is 0.110 e. The minimum absolute atomic E-state index is 0.647. The third kappa shape index (κ3) is 3.10. The van der Waals surface area contributed by atoms with Crippen LogP contribution >= 0.6 is 0 Å². The first-order valence-corrected chi connectivity index (χ1v) is 8.24. The molecule has 0 N–H and O–H groups in total. The van der Waals surface area contributed by atoms with Crippen molar-refractivity contribution in [3.63, 3.8) is 0 Å². The number of hydrogen-bond donors (Lipinski definition) is 0. The van der Waals surface area contributed by atoms with Gasteiger partial charge in [0.05, 0.1) is 22.7 Å². The first-order valence-electron chi connectivity index (χ1n) is 8.24. The molecule has 0 amide bonds. The summed E-state index contributed by atoms with van der Waals surface area (Å²) in [5.41, 5.74) is 2.90. The monoisotopic (exact) mass is 281 g/mol. The summed E-state index contributed by atoms with van der Waals surface area (Å²) in [6.07, 6.45) is 10.1. The molecule has 1 heterocycles. The highest BCUT2D eigenvalue weighted by Gasteiger charge is 2.27. The van der Waals surface area contributed by atoms with Gasteiger partial charge in [0.1, 0.15) is 5.82 Å². The fourth-order valence-electron chi connectivity index (χ4n) is 3.02. The molecule has 1 aliphatic carbocycles. The molecule has 3 rings (SSSR count). The van der Waals surface area contributed by atoms with E-state index in [0.29, 0.717) is 11.6 Å². The standard InChI is InChI=1S/C18H23N3/c1-2-3-4-5-6-7-18-20-16-12-14(13-19)8-11-17(16)21(18)15-9-10-15/h8,11-12,15H,2-7,9-10H2,1H3. The molecule has 1 fully saturated rings. The maximum absolute atomic E-state index is 9.03. The van der Waals surface area contributed by atoms with E-state index in [2.05, 4.69) is 23.6 Å². The Morgan fingerprint density at radius 2 is 2.05 bits per heavy atom. The molecule has 1 aromatic heterocycles. The lowest BCUT2D eigenvalue weighted by Crippen LogP contribution is -2.01. The normalized spacial score (nSPS) is 14.5. The van der Waals surface area contributed by atoms with E-state index in [1.165, 1.54) is 56.3 Å². The first kappa shape index (κ1) is 14.1. The second kappa shape index (κ2) is 6.30. The number of nitrogens with zero attached hydrogens (tertiary/aromatic N) is 3. The zero-order valence-electron chi connectivity index (χ0n) is 12.8. The van der Waals surface area contributed by atoms with E-state index in [4.69, 9.17) is 10.2 Å². The van der Waals surface area contributed by atoms with Gasteiger partial charge >= 0.3 is 0 Å². The van der Waals surface area contributed by atoms with Gasteiger partial charge in [-0.2, -0.15) is 5.26 Å². The molecule has 3 heteroatoms. The highest BCUT2D eigenvalue weighted by atomic mass is 15.1. The van der Waals surface area contributed by atoms with E-state index in [0.717, 1.165) is 11.9 Å². The van der Waals surface area contributed by atoms with Crippen molar-refractivity contribution in [1.82, 2.24) is 9.55 Å². The Hall–Kier alpha value is -1.82. The molecule has 1 aromatic carbocycles. The summed E-state index contributed by atoms with van der Waals surface area (Å²) in [6, 6.07) is 8.76. The molecule has 2 aromatic rings. The van der Waals surface area contributed by atoms with Crippen molar-refractivity contribution < 1.29 is 0 Å².